The molecule has 1 saturated heterocycles. The Balaban J connectivity index is 1.37. The third-order valence-corrected chi connectivity index (χ3v) is 4.93. The van der Waals surface area contributed by atoms with Crippen molar-refractivity contribution in [3.63, 3.8) is 0 Å². The highest BCUT2D eigenvalue weighted by Crippen LogP contribution is 2.39. The molecule has 5 heteroatoms. The van der Waals surface area contributed by atoms with Gasteiger partial charge >= 0.3 is 0 Å². The van der Waals surface area contributed by atoms with Gasteiger partial charge < -0.3 is 9.63 Å². The lowest BCUT2D eigenvalue weighted by molar-refractivity contribution is 0.116. The molecule has 1 aromatic carbocycles. The number of likely N-dealkylation sites (tertiary alicyclic amines) is 1. The molecule has 4 rings (SSSR count). The van der Waals surface area contributed by atoms with Gasteiger partial charge in [-0.15, -0.1) is 0 Å². The van der Waals surface area contributed by atoms with Crippen molar-refractivity contribution in [2.75, 3.05) is 6.54 Å². The van der Waals surface area contributed by atoms with E-state index in [-0.39, 0.29) is 0 Å². The quantitative estimate of drug-likeness (QED) is 0.888. The Kier molecular flexibility index (Phi) is 4.14. The molecule has 2 unspecified atom stereocenters. The van der Waals surface area contributed by atoms with Crippen LogP contribution in [0, 0.1) is 0 Å². The van der Waals surface area contributed by atoms with E-state index in [1.165, 1.54) is 19.3 Å². The zero-order valence-electron chi connectivity index (χ0n) is 13.3. The summed E-state index contributed by atoms with van der Waals surface area (Å²) in [6, 6.07) is 10.3. The normalized spacial score (nSPS) is 23.3. The van der Waals surface area contributed by atoms with Crippen molar-refractivity contribution in [3.05, 3.63) is 47.6 Å². The topological polar surface area (TPSA) is 62.4 Å². The van der Waals surface area contributed by atoms with Gasteiger partial charge in [0.1, 0.15) is 0 Å². The molecular formula is C18H23N3O2. The minimum atomic E-state index is -0.408. The van der Waals surface area contributed by atoms with Crippen LogP contribution in [0.2, 0.25) is 0 Å². The zero-order chi connectivity index (χ0) is 15.6. The van der Waals surface area contributed by atoms with E-state index in [1.807, 2.05) is 30.3 Å². The van der Waals surface area contributed by atoms with Gasteiger partial charge in [-0.3, -0.25) is 4.90 Å². The second-order valence-electron chi connectivity index (χ2n) is 6.75. The van der Waals surface area contributed by atoms with E-state index in [9.17, 15) is 5.11 Å². The van der Waals surface area contributed by atoms with E-state index in [0.29, 0.717) is 12.0 Å². The molecular weight excluding hydrogens is 290 g/mol. The maximum Gasteiger partial charge on any atom is 0.229 e. The van der Waals surface area contributed by atoms with Gasteiger partial charge in [0.05, 0.1) is 12.6 Å². The molecule has 5 nitrogen and oxygen atoms in total. The summed E-state index contributed by atoms with van der Waals surface area (Å²) in [5, 5.41) is 14.6. The van der Waals surface area contributed by atoms with Gasteiger partial charge in [0.25, 0.3) is 0 Å². The largest absolute Gasteiger partial charge is 0.388 e. The number of aromatic nitrogens is 2. The Hall–Kier alpha value is -1.72. The van der Waals surface area contributed by atoms with Crippen LogP contribution in [0.4, 0.5) is 0 Å². The Labute approximate surface area is 136 Å². The van der Waals surface area contributed by atoms with Crippen molar-refractivity contribution in [3.8, 4) is 0 Å². The van der Waals surface area contributed by atoms with Crippen molar-refractivity contribution in [2.24, 2.45) is 0 Å². The summed E-state index contributed by atoms with van der Waals surface area (Å²) in [4.78, 5) is 6.91. The fourth-order valence-corrected chi connectivity index (χ4v) is 3.45. The summed E-state index contributed by atoms with van der Waals surface area (Å²) in [6.45, 7) is 1.77. The average molecular weight is 313 g/mol. The van der Waals surface area contributed by atoms with Crippen molar-refractivity contribution >= 4 is 0 Å². The summed E-state index contributed by atoms with van der Waals surface area (Å²) in [5.41, 5.74) is 0.995. The van der Waals surface area contributed by atoms with Gasteiger partial charge in [0.2, 0.25) is 5.89 Å². The van der Waals surface area contributed by atoms with Crippen molar-refractivity contribution in [1.82, 2.24) is 15.0 Å². The molecule has 1 saturated carbocycles. The number of aliphatic hydroxyl groups is 1. The first-order valence-corrected chi connectivity index (χ1v) is 8.59. The molecule has 0 radical (unpaired) electrons. The lowest BCUT2D eigenvalue weighted by Gasteiger charge is -2.25. The number of nitrogens with zero attached hydrogens (tertiary/aromatic N) is 3. The van der Waals surface area contributed by atoms with Crippen molar-refractivity contribution in [1.29, 1.82) is 0 Å². The summed E-state index contributed by atoms with van der Waals surface area (Å²) >= 11 is 0. The molecule has 1 aliphatic heterocycles. The molecule has 2 atom stereocenters. The second kappa shape index (κ2) is 6.42. The van der Waals surface area contributed by atoms with Crippen LogP contribution in [0.15, 0.2) is 34.9 Å². The fourth-order valence-electron chi connectivity index (χ4n) is 3.45. The van der Waals surface area contributed by atoms with Crippen molar-refractivity contribution < 1.29 is 9.63 Å². The van der Waals surface area contributed by atoms with E-state index in [1.54, 1.807) is 0 Å². The highest BCUT2D eigenvalue weighted by molar-refractivity contribution is 5.17. The van der Waals surface area contributed by atoms with E-state index >= 15 is 0 Å². The monoisotopic (exact) mass is 313 g/mol. The van der Waals surface area contributed by atoms with Gasteiger partial charge in [-0.2, -0.15) is 4.98 Å². The predicted molar refractivity (Wildman–Crippen MR) is 85.7 cm³/mol. The van der Waals surface area contributed by atoms with E-state index in [0.717, 1.165) is 43.2 Å². The number of benzene rings is 1. The van der Waals surface area contributed by atoms with Crippen LogP contribution in [0.25, 0.3) is 0 Å². The highest BCUT2D eigenvalue weighted by Gasteiger charge is 2.31. The molecule has 2 heterocycles. The van der Waals surface area contributed by atoms with E-state index < -0.39 is 6.10 Å². The Morgan fingerprint density at radius 2 is 2.04 bits per heavy atom. The van der Waals surface area contributed by atoms with Gasteiger partial charge in [-0.05, 0) is 44.2 Å². The molecule has 2 aromatic rings. The molecule has 0 spiro atoms. The van der Waals surface area contributed by atoms with Crippen LogP contribution in [-0.4, -0.2) is 32.7 Å². The Bertz CT molecular complexity index is 639. The molecule has 23 heavy (non-hydrogen) atoms. The average Bonchev–Trinajstić information content (AvgIpc) is 3.18. The minimum absolute atomic E-state index is 0.382. The maximum atomic E-state index is 10.5. The molecule has 2 aliphatic rings. The first kappa shape index (κ1) is 14.8. The standard InChI is InChI=1S/C18H23N3O2/c22-16(13-5-2-1-3-6-13)11-15-7-4-10-21(15)12-17-19-18(23-20-17)14-8-9-14/h1-3,5-6,14-16,22H,4,7-12H2. The summed E-state index contributed by atoms with van der Waals surface area (Å²) < 4.78 is 5.35. The number of hydrogen-bond acceptors (Lipinski definition) is 5. The number of hydrogen-bond donors (Lipinski definition) is 1. The second-order valence-corrected chi connectivity index (χ2v) is 6.75. The smallest absolute Gasteiger partial charge is 0.229 e. The first-order valence-electron chi connectivity index (χ1n) is 8.59. The SMILES string of the molecule is OC(CC1CCCN1Cc1noc(C2CC2)n1)c1ccccc1. The van der Waals surface area contributed by atoms with Crippen LogP contribution in [0.1, 0.15) is 61.4 Å². The van der Waals surface area contributed by atoms with Gasteiger partial charge in [0, 0.05) is 12.0 Å². The molecule has 1 aromatic heterocycles. The van der Waals surface area contributed by atoms with E-state index in [2.05, 4.69) is 15.0 Å². The van der Waals surface area contributed by atoms with Crippen LogP contribution in [0.5, 0.6) is 0 Å². The van der Waals surface area contributed by atoms with Crippen LogP contribution in [-0.2, 0) is 6.54 Å². The van der Waals surface area contributed by atoms with Gasteiger partial charge in [0.15, 0.2) is 5.82 Å². The maximum absolute atomic E-state index is 10.5. The predicted octanol–water partition coefficient (Wildman–Crippen LogP) is 3.04. The van der Waals surface area contributed by atoms with Crippen molar-refractivity contribution in [2.45, 2.75) is 56.7 Å². The molecule has 122 valence electrons. The summed E-state index contributed by atoms with van der Waals surface area (Å²) in [5.74, 6) is 2.10. The highest BCUT2D eigenvalue weighted by atomic mass is 16.5. The van der Waals surface area contributed by atoms with Crippen LogP contribution in [0.3, 0.4) is 0 Å². The summed E-state index contributed by atoms with van der Waals surface area (Å²) in [7, 11) is 0. The molecule has 0 bridgehead atoms. The van der Waals surface area contributed by atoms with Gasteiger partial charge in [-0.1, -0.05) is 35.5 Å². The number of aliphatic hydroxyl groups excluding tert-OH is 1. The third-order valence-electron chi connectivity index (χ3n) is 4.93. The fraction of sp³-hybridized carbons (Fsp3) is 0.556. The minimum Gasteiger partial charge on any atom is -0.388 e. The number of rotatable bonds is 6. The van der Waals surface area contributed by atoms with Crippen LogP contribution >= 0.6 is 0 Å². The zero-order valence-corrected chi connectivity index (χ0v) is 13.3. The summed E-state index contributed by atoms with van der Waals surface area (Å²) in [6.07, 6.45) is 5.00. The molecule has 2 fully saturated rings. The van der Waals surface area contributed by atoms with Gasteiger partial charge in [-0.25, -0.2) is 0 Å². The van der Waals surface area contributed by atoms with E-state index in [4.69, 9.17) is 4.52 Å². The Morgan fingerprint density at radius 1 is 1.22 bits per heavy atom. The lowest BCUT2D eigenvalue weighted by Crippen LogP contribution is -2.30. The first-order chi connectivity index (χ1) is 11.3. The Morgan fingerprint density at radius 3 is 2.83 bits per heavy atom. The molecule has 1 N–H and O–H groups in total. The third kappa shape index (κ3) is 3.46. The van der Waals surface area contributed by atoms with Crippen LogP contribution < -0.4 is 0 Å². The molecule has 1 aliphatic carbocycles. The lowest BCUT2D eigenvalue weighted by atomic mass is 10.0. The molecule has 0 amide bonds.